The number of benzene rings is 1. The van der Waals surface area contributed by atoms with Crippen LogP contribution < -0.4 is 5.32 Å². The summed E-state index contributed by atoms with van der Waals surface area (Å²) in [6.45, 7) is 3.76. The molecule has 0 radical (unpaired) electrons. The van der Waals surface area contributed by atoms with E-state index >= 15 is 0 Å². The number of aliphatic hydroxyl groups excluding tert-OH is 1. The van der Waals surface area contributed by atoms with Gasteiger partial charge in [-0.25, -0.2) is 0 Å². The van der Waals surface area contributed by atoms with Crippen LogP contribution in [0.15, 0.2) is 30.3 Å². The average molecular weight is 278 g/mol. The van der Waals surface area contributed by atoms with Gasteiger partial charge in [0.1, 0.15) is 0 Å². The van der Waals surface area contributed by atoms with E-state index in [4.69, 9.17) is 4.74 Å². The first-order valence-electron chi connectivity index (χ1n) is 7.47. The van der Waals surface area contributed by atoms with Gasteiger partial charge >= 0.3 is 0 Å². The Kier molecular flexibility index (Phi) is 6.47. The van der Waals surface area contributed by atoms with Crippen LogP contribution in [0.5, 0.6) is 0 Å². The summed E-state index contributed by atoms with van der Waals surface area (Å²) in [6.07, 6.45) is 2.02. The first-order chi connectivity index (χ1) is 9.78. The molecule has 0 amide bonds. The van der Waals surface area contributed by atoms with E-state index in [0.29, 0.717) is 25.8 Å². The van der Waals surface area contributed by atoms with E-state index in [2.05, 4.69) is 10.2 Å². The van der Waals surface area contributed by atoms with E-state index < -0.39 is 6.10 Å². The lowest BCUT2D eigenvalue weighted by atomic mass is 10.1. The van der Waals surface area contributed by atoms with Crippen LogP contribution >= 0.6 is 0 Å². The third kappa shape index (κ3) is 5.21. The van der Waals surface area contributed by atoms with Crippen LogP contribution in [0.3, 0.4) is 0 Å². The maximum Gasteiger partial charge on any atom is 0.0900 e. The molecule has 4 nitrogen and oxygen atoms in total. The van der Waals surface area contributed by atoms with Crippen LogP contribution in [0.1, 0.15) is 18.4 Å². The Morgan fingerprint density at radius 2 is 2.20 bits per heavy atom. The van der Waals surface area contributed by atoms with E-state index in [0.717, 1.165) is 18.7 Å². The van der Waals surface area contributed by atoms with Gasteiger partial charge in [-0.05, 0) is 32.0 Å². The molecular weight excluding hydrogens is 252 g/mol. The predicted molar refractivity (Wildman–Crippen MR) is 80.6 cm³/mol. The minimum absolute atomic E-state index is 0.398. The molecule has 0 aliphatic carbocycles. The number of hydrogen-bond donors (Lipinski definition) is 2. The second-order valence-corrected chi connectivity index (χ2v) is 5.54. The second kappa shape index (κ2) is 8.37. The van der Waals surface area contributed by atoms with Gasteiger partial charge in [0.25, 0.3) is 0 Å². The minimum Gasteiger partial charge on any atom is -0.389 e. The number of likely N-dealkylation sites (N-methyl/N-ethyl adjacent to an activating group) is 1. The predicted octanol–water partition coefficient (Wildman–Crippen LogP) is 1.25. The number of nitrogens with zero attached hydrogens (tertiary/aromatic N) is 1. The SMILES string of the molecule is CNC1CCCN(CC(O)COCc2ccccc2)C1. The number of likely N-dealkylation sites (tertiary alicyclic amines) is 1. The zero-order chi connectivity index (χ0) is 14.2. The first kappa shape index (κ1) is 15.4. The number of β-amino-alcohol motifs (C(OH)–C–C–N with tert-alkyl or cyclic N) is 1. The number of ether oxygens (including phenoxy) is 1. The summed E-state index contributed by atoms with van der Waals surface area (Å²) in [5, 5.41) is 13.4. The van der Waals surface area contributed by atoms with Gasteiger partial charge < -0.3 is 15.2 Å². The largest absolute Gasteiger partial charge is 0.389 e. The first-order valence-corrected chi connectivity index (χ1v) is 7.47. The van der Waals surface area contributed by atoms with Crippen LogP contribution in [0.2, 0.25) is 0 Å². The van der Waals surface area contributed by atoms with Crippen molar-refractivity contribution in [1.29, 1.82) is 0 Å². The highest BCUT2D eigenvalue weighted by Gasteiger charge is 2.20. The average Bonchev–Trinajstić information content (AvgIpc) is 2.48. The summed E-state index contributed by atoms with van der Waals surface area (Å²) in [7, 11) is 2.01. The van der Waals surface area contributed by atoms with Crippen LogP contribution in [0.4, 0.5) is 0 Å². The number of piperidine rings is 1. The van der Waals surface area contributed by atoms with E-state index in [1.165, 1.54) is 12.8 Å². The molecule has 0 saturated carbocycles. The van der Waals surface area contributed by atoms with Crippen LogP contribution in [-0.2, 0) is 11.3 Å². The van der Waals surface area contributed by atoms with Crippen molar-refractivity contribution in [2.45, 2.75) is 31.6 Å². The minimum atomic E-state index is -0.408. The van der Waals surface area contributed by atoms with Crippen molar-refractivity contribution in [2.75, 3.05) is 33.3 Å². The molecule has 20 heavy (non-hydrogen) atoms. The molecule has 112 valence electrons. The molecule has 1 saturated heterocycles. The molecule has 1 aromatic carbocycles. The van der Waals surface area contributed by atoms with Crippen LogP contribution in [0.25, 0.3) is 0 Å². The molecular formula is C16H26N2O2. The standard InChI is InChI=1S/C16H26N2O2/c1-17-15-8-5-9-18(10-15)11-16(19)13-20-12-14-6-3-2-4-7-14/h2-4,6-7,15-17,19H,5,8-13H2,1H3. The molecule has 1 fully saturated rings. The summed E-state index contributed by atoms with van der Waals surface area (Å²) >= 11 is 0. The maximum atomic E-state index is 10.1. The van der Waals surface area contributed by atoms with Crippen LogP contribution in [-0.4, -0.2) is 55.4 Å². The zero-order valence-corrected chi connectivity index (χ0v) is 12.3. The molecule has 1 aliphatic heterocycles. The zero-order valence-electron chi connectivity index (χ0n) is 12.3. The molecule has 0 spiro atoms. The number of nitrogens with one attached hydrogen (secondary N) is 1. The Bertz CT molecular complexity index is 372. The highest BCUT2D eigenvalue weighted by molar-refractivity contribution is 5.13. The number of rotatable bonds is 7. The molecule has 0 aromatic heterocycles. The number of hydrogen-bond acceptors (Lipinski definition) is 4. The maximum absolute atomic E-state index is 10.1. The van der Waals surface area contributed by atoms with E-state index in [9.17, 15) is 5.11 Å². The van der Waals surface area contributed by atoms with Crippen molar-refractivity contribution in [3.63, 3.8) is 0 Å². The lowest BCUT2D eigenvalue weighted by Gasteiger charge is -2.33. The molecule has 0 bridgehead atoms. The normalized spacial score (nSPS) is 21.8. The highest BCUT2D eigenvalue weighted by Crippen LogP contribution is 2.10. The van der Waals surface area contributed by atoms with Gasteiger partial charge in [0.05, 0.1) is 19.3 Å². The van der Waals surface area contributed by atoms with Crippen molar-refractivity contribution < 1.29 is 9.84 Å². The van der Waals surface area contributed by atoms with Crippen LogP contribution in [0, 0.1) is 0 Å². The van der Waals surface area contributed by atoms with Gasteiger partial charge in [-0.3, -0.25) is 4.90 Å². The smallest absolute Gasteiger partial charge is 0.0900 e. The van der Waals surface area contributed by atoms with Gasteiger partial charge in [0.15, 0.2) is 0 Å². The molecule has 2 unspecified atom stereocenters. The molecule has 1 aliphatic rings. The lowest BCUT2D eigenvalue weighted by molar-refractivity contribution is 0.00511. The van der Waals surface area contributed by atoms with E-state index in [1.54, 1.807) is 0 Å². The summed E-state index contributed by atoms with van der Waals surface area (Å²) in [6, 6.07) is 10.6. The highest BCUT2D eigenvalue weighted by atomic mass is 16.5. The van der Waals surface area contributed by atoms with Gasteiger partial charge in [0, 0.05) is 19.1 Å². The second-order valence-electron chi connectivity index (χ2n) is 5.54. The fourth-order valence-corrected chi connectivity index (χ4v) is 2.69. The van der Waals surface area contributed by atoms with E-state index in [-0.39, 0.29) is 0 Å². The summed E-state index contributed by atoms with van der Waals surface area (Å²) < 4.78 is 5.58. The summed E-state index contributed by atoms with van der Waals surface area (Å²) in [5.41, 5.74) is 1.15. The van der Waals surface area contributed by atoms with Gasteiger partial charge in [-0.15, -0.1) is 0 Å². The molecule has 2 atom stereocenters. The summed E-state index contributed by atoms with van der Waals surface area (Å²) in [4.78, 5) is 2.32. The third-order valence-electron chi connectivity index (χ3n) is 3.80. The molecule has 1 heterocycles. The molecule has 2 N–H and O–H groups in total. The Morgan fingerprint density at radius 1 is 1.40 bits per heavy atom. The van der Waals surface area contributed by atoms with Gasteiger partial charge in [-0.2, -0.15) is 0 Å². The van der Waals surface area contributed by atoms with Crippen molar-refractivity contribution in [3.05, 3.63) is 35.9 Å². The Morgan fingerprint density at radius 3 is 2.95 bits per heavy atom. The monoisotopic (exact) mass is 278 g/mol. The Labute approximate surface area is 121 Å². The Hall–Kier alpha value is -0.940. The number of aliphatic hydroxyl groups is 1. The van der Waals surface area contributed by atoms with Gasteiger partial charge in [-0.1, -0.05) is 30.3 Å². The lowest BCUT2D eigenvalue weighted by Crippen LogP contribution is -2.47. The van der Waals surface area contributed by atoms with Crippen molar-refractivity contribution in [1.82, 2.24) is 10.2 Å². The summed E-state index contributed by atoms with van der Waals surface area (Å²) in [5.74, 6) is 0. The molecule has 2 rings (SSSR count). The van der Waals surface area contributed by atoms with Gasteiger partial charge in [0.2, 0.25) is 0 Å². The topological polar surface area (TPSA) is 44.7 Å². The quantitative estimate of drug-likeness (QED) is 0.788. The molecule has 4 heteroatoms. The fraction of sp³-hybridized carbons (Fsp3) is 0.625. The molecule has 1 aromatic rings. The fourth-order valence-electron chi connectivity index (χ4n) is 2.69. The van der Waals surface area contributed by atoms with Crippen molar-refractivity contribution in [2.24, 2.45) is 0 Å². The van der Waals surface area contributed by atoms with Crippen molar-refractivity contribution >= 4 is 0 Å². The van der Waals surface area contributed by atoms with E-state index in [1.807, 2.05) is 37.4 Å². The third-order valence-corrected chi connectivity index (χ3v) is 3.80. The Balaban J connectivity index is 1.63. The van der Waals surface area contributed by atoms with Crippen molar-refractivity contribution in [3.8, 4) is 0 Å².